The summed E-state index contributed by atoms with van der Waals surface area (Å²) in [5, 5.41) is 5.28. The van der Waals surface area contributed by atoms with Crippen LogP contribution < -0.4 is 24.8 Å². The monoisotopic (exact) mass is 358 g/mol. The van der Waals surface area contributed by atoms with Crippen molar-refractivity contribution >= 4 is 17.5 Å². The molecular formula is C19H22N2O5. The first-order valence-corrected chi connectivity index (χ1v) is 7.93. The van der Waals surface area contributed by atoms with Gasteiger partial charge < -0.3 is 24.8 Å². The van der Waals surface area contributed by atoms with Crippen LogP contribution in [0.2, 0.25) is 0 Å². The molecule has 0 atom stereocenters. The minimum atomic E-state index is -0.375. The Morgan fingerprint density at radius 2 is 1.62 bits per heavy atom. The normalized spacial score (nSPS) is 10.0. The number of carbonyl (C=O) groups excluding carboxylic acids is 2. The van der Waals surface area contributed by atoms with Gasteiger partial charge in [0.15, 0.2) is 11.5 Å². The molecule has 0 saturated carbocycles. The van der Waals surface area contributed by atoms with Crippen LogP contribution in [0.15, 0.2) is 36.4 Å². The zero-order valence-electron chi connectivity index (χ0n) is 15.2. The van der Waals surface area contributed by atoms with Crippen molar-refractivity contribution in [1.82, 2.24) is 5.32 Å². The van der Waals surface area contributed by atoms with E-state index in [2.05, 4.69) is 10.6 Å². The van der Waals surface area contributed by atoms with Crippen LogP contribution in [0.3, 0.4) is 0 Å². The molecule has 0 heterocycles. The van der Waals surface area contributed by atoms with E-state index < -0.39 is 0 Å². The van der Waals surface area contributed by atoms with Crippen LogP contribution in [0.25, 0.3) is 0 Å². The van der Waals surface area contributed by atoms with E-state index in [4.69, 9.17) is 14.2 Å². The number of methoxy groups -OCH3 is 3. The van der Waals surface area contributed by atoms with Crippen molar-refractivity contribution in [3.63, 3.8) is 0 Å². The van der Waals surface area contributed by atoms with Crippen molar-refractivity contribution in [2.45, 2.75) is 6.92 Å². The Balaban J connectivity index is 2.02. The Morgan fingerprint density at radius 1 is 0.962 bits per heavy atom. The maximum atomic E-state index is 12.1. The van der Waals surface area contributed by atoms with E-state index in [1.54, 1.807) is 30.3 Å². The molecule has 0 aromatic heterocycles. The topological polar surface area (TPSA) is 85.9 Å². The standard InChI is InChI=1S/C19H22N2O5/c1-12-6-5-7-13(8-12)19(23)20-11-17(22)21-14-9-15(24-2)18(26-4)16(10-14)25-3/h5-10H,11H2,1-4H3,(H,20,23)(H,21,22). The van der Waals surface area contributed by atoms with Gasteiger partial charge in [-0.25, -0.2) is 0 Å². The largest absolute Gasteiger partial charge is 0.493 e. The summed E-state index contributed by atoms with van der Waals surface area (Å²) in [6.45, 7) is 1.73. The molecule has 7 heteroatoms. The second-order valence-corrected chi connectivity index (χ2v) is 5.51. The first-order chi connectivity index (χ1) is 12.5. The third-order valence-corrected chi connectivity index (χ3v) is 3.64. The van der Waals surface area contributed by atoms with E-state index in [0.29, 0.717) is 28.5 Å². The lowest BCUT2D eigenvalue weighted by molar-refractivity contribution is -0.115. The number of ether oxygens (including phenoxy) is 3. The van der Waals surface area contributed by atoms with Crippen molar-refractivity contribution in [2.24, 2.45) is 0 Å². The fraction of sp³-hybridized carbons (Fsp3) is 0.263. The SMILES string of the molecule is COc1cc(NC(=O)CNC(=O)c2cccc(C)c2)cc(OC)c1OC. The molecule has 2 amide bonds. The second-order valence-electron chi connectivity index (χ2n) is 5.51. The Labute approximate surface area is 152 Å². The third-order valence-electron chi connectivity index (χ3n) is 3.64. The highest BCUT2D eigenvalue weighted by Gasteiger charge is 2.15. The molecule has 2 rings (SSSR count). The van der Waals surface area contributed by atoms with Crippen LogP contribution in [-0.2, 0) is 4.79 Å². The van der Waals surface area contributed by atoms with Crippen LogP contribution in [0, 0.1) is 6.92 Å². The van der Waals surface area contributed by atoms with E-state index in [1.165, 1.54) is 21.3 Å². The molecule has 2 aromatic rings. The molecule has 7 nitrogen and oxygen atoms in total. The molecule has 0 fully saturated rings. The molecule has 0 radical (unpaired) electrons. The summed E-state index contributed by atoms with van der Waals surface area (Å²) in [5.41, 5.74) is 1.94. The molecule has 2 aromatic carbocycles. The van der Waals surface area contributed by atoms with Crippen molar-refractivity contribution in [3.05, 3.63) is 47.5 Å². The molecule has 0 spiro atoms. The van der Waals surface area contributed by atoms with Crippen LogP contribution >= 0.6 is 0 Å². The zero-order valence-corrected chi connectivity index (χ0v) is 15.2. The van der Waals surface area contributed by atoms with E-state index in [9.17, 15) is 9.59 Å². The summed E-state index contributed by atoms with van der Waals surface area (Å²) in [6, 6.07) is 10.4. The van der Waals surface area contributed by atoms with Gasteiger partial charge >= 0.3 is 0 Å². The quantitative estimate of drug-likeness (QED) is 0.794. The van der Waals surface area contributed by atoms with E-state index in [0.717, 1.165) is 5.56 Å². The van der Waals surface area contributed by atoms with Crippen molar-refractivity contribution in [3.8, 4) is 17.2 Å². The number of hydrogen-bond donors (Lipinski definition) is 2. The van der Waals surface area contributed by atoms with Gasteiger partial charge in [0.05, 0.1) is 27.9 Å². The highest BCUT2D eigenvalue weighted by atomic mass is 16.5. The smallest absolute Gasteiger partial charge is 0.251 e. The molecule has 0 bridgehead atoms. The average molecular weight is 358 g/mol. The van der Waals surface area contributed by atoms with Crippen LogP contribution in [-0.4, -0.2) is 39.7 Å². The van der Waals surface area contributed by atoms with E-state index in [-0.39, 0.29) is 18.4 Å². The first-order valence-electron chi connectivity index (χ1n) is 7.93. The molecule has 0 unspecified atom stereocenters. The lowest BCUT2D eigenvalue weighted by Gasteiger charge is -2.14. The van der Waals surface area contributed by atoms with Crippen molar-refractivity contribution < 1.29 is 23.8 Å². The molecule has 0 aliphatic rings. The summed E-state index contributed by atoms with van der Waals surface area (Å²) >= 11 is 0. The lowest BCUT2D eigenvalue weighted by atomic mass is 10.1. The summed E-state index contributed by atoms with van der Waals surface area (Å²) in [6.07, 6.45) is 0. The predicted octanol–water partition coefficient (Wildman–Crippen LogP) is 2.39. The third kappa shape index (κ3) is 4.66. The zero-order chi connectivity index (χ0) is 19.1. The summed E-state index contributed by atoms with van der Waals surface area (Å²) in [5.74, 6) is 0.589. The van der Waals surface area contributed by atoms with Gasteiger partial charge in [0.2, 0.25) is 11.7 Å². The second kappa shape index (κ2) is 8.75. The Morgan fingerprint density at radius 3 is 2.15 bits per heavy atom. The molecule has 0 saturated heterocycles. The molecule has 0 aliphatic heterocycles. The first kappa shape index (κ1) is 19.1. The van der Waals surface area contributed by atoms with Gasteiger partial charge in [0.1, 0.15) is 0 Å². The highest BCUT2D eigenvalue weighted by molar-refractivity contribution is 5.99. The number of hydrogen-bond acceptors (Lipinski definition) is 5. The minimum Gasteiger partial charge on any atom is -0.493 e. The molecule has 138 valence electrons. The number of amides is 2. The molecular weight excluding hydrogens is 336 g/mol. The number of benzene rings is 2. The van der Waals surface area contributed by atoms with Gasteiger partial charge in [0, 0.05) is 23.4 Å². The van der Waals surface area contributed by atoms with Gasteiger partial charge in [-0.3, -0.25) is 9.59 Å². The fourth-order valence-electron chi connectivity index (χ4n) is 2.41. The summed E-state index contributed by atoms with van der Waals surface area (Å²) in [4.78, 5) is 24.2. The van der Waals surface area contributed by atoms with E-state index in [1.807, 2.05) is 13.0 Å². The van der Waals surface area contributed by atoms with Crippen LogP contribution in [0.5, 0.6) is 17.2 Å². The van der Waals surface area contributed by atoms with Gasteiger partial charge in [-0.1, -0.05) is 17.7 Å². The van der Waals surface area contributed by atoms with Gasteiger partial charge in [-0.2, -0.15) is 0 Å². The van der Waals surface area contributed by atoms with E-state index >= 15 is 0 Å². The maximum absolute atomic E-state index is 12.1. The minimum absolute atomic E-state index is 0.163. The Hall–Kier alpha value is -3.22. The highest BCUT2D eigenvalue weighted by Crippen LogP contribution is 2.39. The van der Waals surface area contributed by atoms with Gasteiger partial charge in [-0.15, -0.1) is 0 Å². The number of nitrogens with one attached hydrogen (secondary N) is 2. The Kier molecular flexibility index (Phi) is 6.43. The molecule has 0 aliphatic carbocycles. The number of carbonyl (C=O) groups is 2. The van der Waals surface area contributed by atoms with Crippen molar-refractivity contribution in [1.29, 1.82) is 0 Å². The number of rotatable bonds is 7. The molecule has 2 N–H and O–H groups in total. The van der Waals surface area contributed by atoms with Crippen molar-refractivity contribution in [2.75, 3.05) is 33.2 Å². The van der Waals surface area contributed by atoms with Crippen LogP contribution in [0.1, 0.15) is 15.9 Å². The average Bonchev–Trinajstić information content (AvgIpc) is 2.65. The Bertz CT molecular complexity index is 779. The fourth-order valence-corrected chi connectivity index (χ4v) is 2.41. The summed E-state index contributed by atoms with van der Waals surface area (Å²) < 4.78 is 15.7. The van der Waals surface area contributed by atoms with Gasteiger partial charge in [-0.05, 0) is 19.1 Å². The van der Waals surface area contributed by atoms with Crippen LogP contribution in [0.4, 0.5) is 5.69 Å². The molecule has 26 heavy (non-hydrogen) atoms. The number of aryl methyl sites for hydroxylation is 1. The maximum Gasteiger partial charge on any atom is 0.251 e. The number of anilines is 1. The summed E-state index contributed by atoms with van der Waals surface area (Å²) in [7, 11) is 4.48. The predicted molar refractivity (Wildman–Crippen MR) is 98.2 cm³/mol. The lowest BCUT2D eigenvalue weighted by Crippen LogP contribution is -2.32. The van der Waals surface area contributed by atoms with Gasteiger partial charge in [0.25, 0.3) is 5.91 Å².